The van der Waals surface area contributed by atoms with E-state index in [1.165, 1.54) is 18.3 Å². The molecule has 0 aliphatic carbocycles. The maximum atomic E-state index is 11.8. The van der Waals surface area contributed by atoms with Crippen LogP contribution < -0.4 is 11.1 Å². The largest absolute Gasteiger partial charge is 0.352 e. The van der Waals surface area contributed by atoms with Crippen molar-refractivity contribution < 1.29 is 24.0 Å². The molecule has 0 atom stereocenters. The fourth-order valence-electron chi connectivity index (χ4n) is 2.23. The molecule has 4 N–H and O–H groups in total. The van der Waals surface area contributed by atoms with Gasteiger partial charge in [-0.05, 0) is 45.7 Å². The highest BCUT2D eigenvalue weighted by atomic mass is 32.1. The summed E-state index contributed by atoms with van der Waals surface area (Å²) in [7, 11) is 0. The second-order valence-electron chi connectivity index (χ2n) is 7.87. The minimum absolute atomic E-state index is 0. The zero-order valence-electron chi connectivity index (χ0n) is 20.2. The SMILES string of the molecule is CC.CC(=O)c1csc(-c2ccc(CNC(=O)CCCCCN)cc2)n1.CC(C)(C)OO.[HH].[HH].[HH]. The van der Waals surface area contributed by atoms with Gasteiger partial charge in [0.15, 0.2) is 5.78 Å². The highest BCUT2D eigenvalue weighted by Crippen LogP contribution is 2.24. The van der Waals surface area contributed by atoms with Crippen molar-refractivity contribution in [3.8, 4) is 10.6 Å². The number of carbonyl (C=O) groups excluding carboxylic acids is 2. The molecule has 0 radical (unpaired) electrons. The van der Waals surface area contributed by atoms with Crippen LogP contribution in [0.25, 0.3) is 10.6 Å². The van der Waals surface area contributed by atoms with E-state index in [0.29, 0.717) is 25.2 Å². The van der Waals surface area contributed by atoms with Crippen molar-refractivity contribution in [1.82, 2.24) is 10.3 Å². The summed E-state index contributed by atoms with van der Waals surface area (Å²) in [5, 5.41) is 13.4. The Bertz CT molecular complexity index is 798. The first-order valence-corrected chi connectivity index (χ1v) is 11.9. The summed E-state index contributed by atoms with van der Waals surface area (Å²) in [6, 6.07) is 7.87. The summed E-state index contributed by atoms with van der Waals surface area (Å²) in [5.41, 5.74) is 7.54. The van der Waals surface area contributed by atoms with Gasteiger partial charge in [0, 0.05) is 35.1 Å². The third-order valence-electron chi connectivity index (χ3n) is 3.94. The Morgan fingerprint density at radius 2 is 1.75 bits per heavy atom. The van der Waals surface area contributed by atoms with E-state index >= 15 is 0 Å². The van der Waals surface area contributed by atoms with Gasteiger partial charge >= 0.3 is 0 Å². The predicted octanol–water partition coefficient (Wildman–Crippen LogP) is 6.19. The zero-order chi connectivity index (χ0) is 24.6. The molecular weight excluding hydrogens is 426 g/mol. The number of rotatable bonds is 9. The third-order valence-corrected chi connectivity index (χ3v) is 4.83. The lowest BCUT2D eigenvalue weighted by atomic mass is 10.1. The van der Waals surface area contributed by atoms with Crippen LogP contribution in [-0.2, 0) is 16.2 Å². The number of nitrogens with zero attached hydrogens (tertiary/aromatic N) is 1. The van der Waals surface area contributed by atoms with Crippen LogP contribution in [0.1, 0.15) is 87.6 Å². The highest BCUT2D eigenvalue weighted by Gasteiger charge is 2.08. The van der Waals surface area contributed by atoms with Crippen LogP contribution in [0.5, 0.6) is 0 Å². The molecule has 1 amide bonds. The quantitative estimate of drug-likeness (QED) is 0.174. The summed E-state index contributed by atoms with van der Waals surface area (Å²) < 4.78 is 0. The van der Waals surface area contributed by atoms with Crippen LogP contribution in [0, 0.1) is 0 Å². The van der Waals surface area contributed by atoms with Crippen LogP contribution in [0.3, 0.4) is 0 Å². The molecule has 2 aromatic rings. The molecule has 0 aliphatic rings. The standard InChI is InChI=1S/C18H23N3O2S.C4H10O2.C2H6.3H2/c1-13(22)16-12-24-18(21-16)15-8-6-14(7-9-15)11-20-17(23)5-3-2-4-10-19;1-4(2,3)6-5;1-2;;;/h6-9,12H,2-5,10-11,19H2,1H3,(H,20,23);5H,1-3H3;1-2H3;3*1H. The molecular formula is C24H45N3O4S. The molecule has 0 saturated heterocycles. The molecule has 7 nitrogen and oxygen atoms in total. The molecule has 8 heteroatoms. The first-order valence-electron chi connectivity index (χ1n) is 11.0. The maximum Gasteiger partial charge on any atom is 0.220 e. The first-order chi connectivity index (χ1) is 15.2. The number of Topliss-reactive ketones (excluding diaryl/α,β-unsaturated/α-hetero) is 1. The molecule has 186 valence electrons. The van der Waals surface area contributed by atoms with Gasteiger partial charge in [0.2, 0.25) is 5.91 Å². The van der Waals surface area contributed by atoms with Crippen LogP contribution in [0.2, 0.25) is 0 Å². The minimum atomic E-state index is -0.403. The molecule has 32 heavy (non-hydrogen) atoms. The van der Waals surface area contributed by atoms with Crippen LogP contribution in [0.4, 0.5) is 0 Å². The van der Waals surface area contributed by atoms with Crippen molar-refractivity contribution in [3.63, 3.8) is 0 Å². The number of nitrogens with one attached hydrogen (secondary N) is 1. The summed E-state index contributed by atoms with van der Waals surface area (Å²) in [4.78, 5) is 31.3. The van der Waals surface area contributed by atoms with Gasteiger partial charge in [-0.15, -0.1) is 11.3 Å². The Labute approximate surface area is 200 Å². The molecule has 0 saturated carbocycles. The minimum Gasteiger partial charge on any atom is -0.352 e. The van der Waals surface area contributed by atoms with E-state index in [1.807, 2.05) is 38.1 Å². The molecule has 0 aliphatic heterocycles. The number of amides is 1. The highest BCUT2D eigenvalue weighted by molar-refractivity contribution is 7.13. The Balaban J connectivity index is -0.000000384. The van der Waals surface area contributed by atoms with Crippen LogP contribution in [0.15, 0.2) is 29.6 Å². The number of hydrogen-bond acceptors (Lipinski definition) is 7. The third kappa shape index (κ3) is 13.3. The average molecular weight is 472 g/mol. The molecule has 1 aromatic carbocycles. The Morgan fingerprint density at radius 3 is 2.22 bits per heavy atom. The lowest BCUT2D eigenvalue weighted by molar-refractivity contribution is -0.306. The van der Waals surface area contributed by atoms with Crippen molar-refractivity contribution in [2.45, 2.75) is 79.4 Å². The van der Waals surface area contributed by atoms with E-state index in [4.69, 9.17) is 11.0 Å². The van der Waals surface area contributed by atoms with E-state index in [-0.39, 0.29) is 16.0 Å². The first kappa shape index (κ1) is 29.9. The van der Waals surface area contributed by atoms with Gasteiger partial charge in [-0.3, -0.25) is 14.8 Å². The normalized spacial score (nSPS) is 10.4. The summed E-state index contributed by atoms with van der Waals surface area (Å²) in [5.74, 6) is 0.0467. The van der Waals surface area contributed by atoms with Gasteiger partial charge in [0.25, 0.3) is 0 Å². The van der Waals surface area contributed by atoms with E-state index in [1.54, 1.807) is 26.2 Å². The summed E-state index contributed by atoms with van der Waals surface area (Å²) in [6.45, 7) is 12.0. The van der Waals surface area contributed by atoms with E-state index in [2.05, 4.69) is 15.2 Å². The predicted molar refractivity (Wildman–Crippen MR) is 138 cm³/mol. The molecule has 2 rings (SSSR count). The van der Waals surface area contributed by atoms with Crippen LogP contribution >= 0.6 is 11.3 Å². The van der Waals surface area contributed by atoms with Gasteiger partial charge in [0.1, 0.15) is 10.7 Å². The van der Waals surface area contributed by atoms with Crippen molar-refractivity contribution in [3.05, 3.63) is 40.9 Å². The Hall–Kier alpha value is -2.13. The number of carbonyl (C=O) groups is 2. The fraction of sp³-hybridized carbons (Fsp3) is 0.542. The monoisotopic (exact) mass is 471 g/mol. The zero-order valence-corrected chi connectivity index (χ0v) is 21.1. The summed E-state index contributed by atoms with van der Waals surface area (Å²) in [6.07, 6.45) is 3.39. The fourth-order valence-corrected chi connectivity index (χ4v) is 3.09. The number of hydrogen-bond donors (Lipinski definition) is 3. The maximum absolute atomic E-state index is 11.8. The molecule has 0 unspecified atom stereocenters. The van der Waals surface area contributed by atoms with Crippen molar-refractivity contribution >= 4 is 23.0 Å². The smallest absolute Gasteiger partial charge is 0.220 e. The van der Waals surface area contributed by atoms with Gasteiger partial charge in [-0.1, -0.05) is 44.5 Å². The van der Waals surface area contributed by atoms with Crippen molar-refractivity contribution in [2.75, 3.05) is 6.54 Å². The number of thiazole rings is 1. The van der Waals surface area contributed by atoms with Gasteiger partial charge in [-0.2, -0.15) is 0 Å². The number of ketones is 1. The van der Waals surface area contributed by atoms with E-state index in [0.717, 1.165) is 35.4 Å². The lowest BCUT2D eigenvalue weighted by Gasteiger charge is -2.10. The topological polar surface area (TPSA) is 115 Å². The van der Waals surface area contributed by atoms with Gasteiger partial charge < -0.3 is 11.1 Å². The second-order valence-corrected chi connectivity index (χ2v) is 8.73. The van der Waals surface area contributed by atoms with Crippen LogP contribution in [-0.4, -0.2) is 34.1 Å². The van der Waals surface area contributed by atoms with Crippen molar-refractivity contribution in [1.29, 1.82) is 0 Å². The number of unbranched alkanes of at least 4 members (excludes halogenated alkanes) is 2. The van der Waals surface area contributed by atoms with Crippen molar-refractivity contribution in [2.24, 2.45) is 5.73 Å². The molecule has 0 spiro atoms. The average Bonchev–Trinajstić information content (AvgIpc) is 3.28. The summed E-state index contributed by atoms with van der Waals surface area (Å²) >= 11 is 1.46. The lowest BCUT2D eigenvalue weighted by Crippen LogP contribution is -2.22. The molecule has 0 bridgehead atoms. The molecule has 1 heterocycles. The molecule has 1 aromatic heterocycles. The second kappa shape index (κ2) is 16.5. The number of benzene rings is 1. The van der Waals surface area contributed by atoms with Gasteiger partial charge in [-0.25, -0.2) is 9.87 Å². The Kier molecular flexibility index (Phi) is 15.4. The number of nitrogens with two attached hydrogens (primary N) is 1. The van der Waals surface area contributed by atoms with E-state index in [9.17, 15) is 9.59 Å². The van der Waals surface area contributed by atoms with E-state index < -0.39 is 5.60 Å². The van der Waals surface area contributed by atoms with Gasteiger partial charge in [0.05, 0.1) is 5.60 Å². The molecule has 0 fully saturated rings. The number of aromatic nitrogens is 1. The Morgan fingerprint density at radius 1 is 1.16 bits per heavy atom.